The molecule has 9 aromatic carbocycles. The second-order valence-electron chi connectivity index (χ2n) is 14.8. The van der Waals surface area contributed by atoms with E-state index in [-0.39, 0.29) is 0 Å². The number of hydrogen-bond acceptors (Lipinski definition) is 4. The minimum absolute atomic E-state index is 0.587. The Morgan fingerprint density at radius 2 is 0.931 bits per heavy atom. The first-order valence-corrected chi connectivity index (χ1v) is 19.5. The minimum atomic E-state index is 0.587. The van der Waals surface area contributed by atoms with Crippen LogP contribution in [0.25, 0.3) is 116 Å². The second kappa shape index (κ2) is 12.8. The third kappa shape index (κ3) is 5.07. The summed E-state index contributed by atoms with van der Waals surface area (Å²) < 4.78 is 9.26. The summed E-state index contributed by atoms with van der Waals surface area (Å²) >= 11 is 0. The molecule has 58 heavy (non-hydrogen) atoms. The molecule has 270 valence electrons. The monoisotopic (exact) mass is 740 g/mol. The van der Waals surface area contributed by atoms with Gasteiger partial charge in [-0.1, -0.05) is 158 Å². The summed E-state index contributed by atoms with van der Waals surface area (Å²) in [6, 6.07) is 68.0. The standard InChI is InChI=1S/C53H32N4O/c1-2-15-35(16-3-1)40-20-10-24-45-48(40)41-19-8-9-23-44(41)57(45)46-25-11-21-42-49-43(22-12-26-47(49)58-50(42)46)53-55-51(38-29-27-33-13-4-6-17-36(33)31-38)54-52(56-53)39-30-28-34-14-5-7-18-37(34)32-39/h1-32H. The third-order valence-electron chi connectivity index (χ3n) is 11.4. The lowest BCUT2D eigenvalue weighted by molar-refractivity contribution is 0.666. The van der Waals surface area contributed by atoms with E-state index in [1.165, 1.54) is 32.7 Å². The van der Waals surface area contributed by atoms with Gasteiger partial charge in [-0.2, -0.15) is 0 Å². The molecule has 0 radical (unpaired) electrons. The Balaban J connectivity index is 1.10. The Kier molecular flexibility index (Phi) is 7.16. The molecule has 0 spiro atoms. The highest BCUT2D eigenvalue weighted by Crippen LogP contribution is 2.43. The lowest BCUT2D eigenvalue weighted by atomic mass is 9.99. The van der Waals surface area contributed by atoms with E-state index >= 15 is 0 Å². The number of aromatic nitrogens is 4. The van der Waals surface area contributed by atoms with Crippen molar-refractivity contribution in [3.63, 3.8) is 0 Å². The summed E-state index contributed by atoms with van der Waals surface area (Å²) in [5.41, 5.74) is 9.90. The van der Waals surface area contributed by atoms with Crippen LogP contribution in [0.2, 0.25) is 0 Å². The maximum absolute atomic E-state index is 6.92. The zero-order valence-corrected chi connectivity index (χ0v) is 31.2. The van der Waals surface area contributed by atoms with Gasteiger partial charge in [-0.05, 0) is 69.1 Å². The van der Waals surface area contributed by atoms with Gasteiger partial charge in [0.25, 0.3) is 0 Å². The average molecular weight is 741 g/mol. The topological polar surface area (TPSA) is 56.7 Å². The zero-order chi connectivity index (χ0) is 38.2. The first-order valence-electron chi connectivity index (χ1n) is 19.5. The van der Waals surface area contributed by atoms with Gasteiger partial charge in [0.1, 0.15) is 5.58 Å². The Morgan fingerprint density at radius 1 is 0.362 bits per heavy atom. The predicted octanol–water partition coefficient (Wildman–Crippen LogP) is 13.8. The lowest BCUT2D eigenvalue weighted by Crippen LogP contribution is -2.00. The number of fused-ring (bicyclic) bond motifs is 8. The summed E-state index contributed by atoms with van der Waals surface area (Å²) in [7, 11) is 0. The van der Waals surface area contributed by atoms with Crippen LogP contribution in [-0.2, 0) is 0 Å². The van der Waals surface area contributed by atoms with Crippen LogP contribution < -0.4 is 0 Å². The SMILES string of the molecule is c1ccc(-c2cccc3c2c2ccccc2n3-c2cccc3c2oc2cccc(-c4nc(-c5ccc6ccccc6c5)nc(-c5ccc6ccccc6c5)n4)c23)cc1. The van der Waals surface area contributed by atoms with Crippen LogP contribution in [0.3, 0.4) is 0 Å². The quantitative estimate of drug-likeness (QED) is 0.176. The summed E-state index contributed by atoms with van der Waals surface area (Å²) in [5.74, 6) is 1.82. The third-order valence-corrected chi connectivity index (χ3v) is 11.4. The normalized spacial score (nSPS) is 11.8. The van der Waals surface area contributed by atoms with Gasteiger partial charge < -0.3 is 8.98 Å². The largest absolute Gasteiger partial charge is 0.454 e. The lowest BCUT2D eigenvalue weighted by Gasteiger charge is -2.11. The maximum atomic E-state index is 6.92. The Labute approximate surface area is 333 Å². The van der Waals surface area contributed by atoms with E-state index in [1.54, 1.807) is 0 Å². The molecule has 0 aliphatic rings. The highest BCUT2D eigenvalue weighted by molar-refractivity contribution is 6.18. The molecular formula is C53H32N4O. The Morgan fingerprint density at radius 3 is 1.67 bits per heavy atom. The van der Waals surface area contributed by atoms with Crippen molar-refractivity contribution in [3.8, 4) is 51.0 Å². The molecule has 3 heterocycles. The molecular weight excluding hydrogens is 709 g/mol. The van der Waals surface area contributed by atoms with E-state index in [9.17, 15) is 0 Å². The Bertz CT molecular complexity index is 3480. The zero-order valence-electron chi connectivity index (χ0n) is 31.2. The highest BCUT2D eigenvalue weighted by Gasteiger charge is 2.22. The van der Waals surface area contributed by atoms with Crippen LogP contribution in [0.15, 0.2) is 199 Å². The molecule has 0 saturated carbocycles. The van der Waals surface area contributed by atoms with Crippen molar-refractivity contribution in [2.45, 2.75) is 0 Å². The molecule has 5 nitrogen and oxygen atoms in total. The van der Waals surface area contributed by atoms with Crippen LogP contribution >= 0.6 is 0 Å². The Hall–Kier alpha value is -7.89. The maximum Gasteiger partial charge on any atom is 0.164 e. The van der Waals surface area contributed by atoms with Crippen molar-refractivity contribution < 1.29 is 4.42 Å². The summed E-state index contributed by atoms with van der Waals surface area (Å²) in [5, 5.41) is 8.96. The first kappa shape index (κ1) is 32.4. The van der Waals surface area contributed by atoms with Gasteiger partial charge in [-0.15, -0.1) is 0 Å². The predicted molar refractivity (Wildman–Crippen MR) is 238 cm³/mol. The first-order chi connectivity index (χ1) is 28.7. The summed E-state index contributed by atoms with van der Waals surface area (Å²) in [6.45, 7) is 0. The van der Waals surface area contributed by atoms with Crippen molar-refractivity contribution in [2.75, 3.05) is 0 Å². The van der Waals surface area contributed by atoms with Crippen molar-refractivity contribution in [3.05, 3.63) is 194 Å². The van der Waals surface area contributed by atoms with E-state index < -0.39 is 0 Å². The molecule has 0 bridgehead atoms. The number of hydrogen-bond donors (Lipinski definition) is 0. The van der Waals surface area contributed by atoms with Gasteiger partial charge in [0, 0.05) is 38.2 Å². The van der Waals surface area contributed by atoms with Gasteiger partial charge in [0.2, 0.25) is 0 Å². The number of rotatable bonds is 5. The smallest absolute Gasteiger partial charge is 0.164 e. The van der Waals surface area contributed by atoms with Crippen molar-refractivity contribution >= 4 is 65.3 Å². The van der Waals surface area contributed by atoms with E-state index in [2.05, 4.69) is 187 Å². The molecule has 0 unspecified atom stereocenters. The van der Waals surface area contributed by atoms with Crippen LogP contribution in [0.1, 0.15) is 0 Å². The molecule has 0 aliphatic heterocycles. The van der Waals surface area contributed by atoms with Crippen LogP contribution in [0.5, 0.6) is 0 Å². The van der Waals surface area contributed by atoms with E-state index in [0.717, 1.165) is 66.1 Å². The van der Waals surface area contributed by atoms with Crippen molar-refractivity contribution in [2.24, 2.45) is 0 Å². The van der Waals surface area contributed by atoms with Crippen molar-refractivity contribution in [1.82, 2.24) is 19.5 Å². The van der Waals surface area contributed by atoms with Gasteiger partial charge in [0.15, 0.2) is 23.1 Å². The second-order valence-corrected chi connectivity index (χ2v) is 14.8. The average Bonchev–Trinajstić information content (AvgIpc) is 3.85. The minimum Gasteiger partial charge on any atom is -0.454 e. The molecule has 0 aliphatic carbocycles. The molecule has 3 aromatic heterocycles. The molecule has 0 atom stereocenters. The van der Waals surface area contributed by atoms with Crippen LogP contribution in [0.4, 0.5) is 0 Å². The molecule has 12 aromatic rings. The molecule has 0 fully saturated rings. The molecule has 0 amide bonds. The number of para-hydroxylation sites is 2. The number of nitrogens with zero attached hydrogens (tertiary/aromatic N) is 4. The molecule has 0 N–H and O–H groups in total. The number of benzene rings is 9. The van der Waals surface area contributed by atoms with Crippen LogP contribution in [-0.4, -0.2) is 19.5 Å². The summed E-state index contributed by atoms with van der Waals surface area (Å²) in [4.78, 5) is 15.6. The van der Waals surface area contributed by atoms with E-state index in [1.807, 2.05) is 12.1 Å². The van der Waals surface area contributed by atoms with Crippen LogP contribution in [0, 0.1) is 0 Å². The fourth-order valence-electron chi connectivity index (χ4n) is 8.74. The van der Waals surface area contributed by atoms with Gasteiger partial charge >= 0.3 is 0 Å². The molecule has 12 rings (SSSR count). The van der Waals surface area contributed by atoms with Gasteiger partial charge in [-0.3, -0.25) is 0 Å². The van der Waals surface area contributed by atoms with E-state index in [0.29, 0.717) is 17.5 Å². The van der Waals surface area contributed by atoms with Gasteiger partial charge in [-0.25, -0.2) is 15.0 Å². The fraction of sp³-hybridized carbons (Fsp3) is 0. The fourth-order valence-corrected chi connectivity index (χ4v) is 8.74. The van der Waals surface area contributed by atoms with E-state index in [4.69, 9.17) is 19.4 Å². The number of furan rings is 1. The highest BCUT2D eigenvalue weighted by atomic mass is 16.3. The van der Waals surface area contributed by atoms with Crippen molar-refractivity contribution in [1.29, 1.82) is 0 Å². The molecule has 5 heteroatoms. The van der Waals surface area contributed by atoms with Gasteiger partial charge in [0.05, 0.1) is 16.7 Å². The molecule has 0 saturated heterocycles. The summed E-state index contributed by atoms with van der Waals surface area (Å²) in [6.07, 6.45) is 0.